The normalized spacial score (nSPS) is 11.0. The van der Waals surface area contributed by atoms with Crippen LogP contribution in [0.5, 0.6) is 34.8 Å². The van der Waals surface area contributed by atoms with Crippen molar-refractivity contribution >= 4 is 21.9 Å². The third-order valence-corrected chi connectivity index (χ3v) is 8.50. The maximum atomic E-state index is 13.3. The number of nitrogens with zero attached hydrogens (tertiary/aromatic N) is 3. The summed E-state index contributed by atoms with van der Waals surface area (Å²) < 4.78 is 29.3. The fraction of sp³-hybridized carbons (Fsp3) is 0.205. The number of aryl methyl sites for hydroxylation is 1. The predicted molar refractivity (Wildman–Crippen MR) is 212 cm³/mol. The monoisotopic (exact) mass is 757 g/mol. The van der Waals surface area contributed by atoms with Gasteiger partial charge in [-0.3, -0.25) is 4.79 Å². The summed E-state index contributed by atoms with van der Waals surface area (Å²) in [5.74, 6) is 2.61. The molecule has 7 rings (SSSR count). The van der Waals surface area contributed by atoms with Crippen molar-refractivity contribution in [3.8, 4) is 34.8 Å². The molecule has 4 aromatic carbocycles. The average molecular weight is 758 g/mol. The van der Waals surface area contributed by atoms with Crippen LogP contribution >= 0.6 is 0 Å². The molecule has 12 nitrogen and oxygen atoms in total. The first-order chi connectivity index (χ1) is 27.2. The first-order valence-corrected chi connectivity index (χ1v) is 17.9. The standard InChI is InChI=1S/C31H30N2O6.C13H13NO3/c1-20-14-26-30(35)25-10-8-23(16-27(25)39-31(26)28(15-20)36-13-12-33(2)3)38-24-9-11-29(32-17-24)37-19-22-6-4-21(18-34)5-7-22;15-8-10-1-3-11(4-2-10)9-17-13-6-5-12(16)7-14-13/h4-11,14-17,34H,12-13,18-19H2,1-3H3;1-7,15-16H,8-9H2. The van der Waals surface area contributed by atoms with Crippen molar-refractivity contribution in [2.75, 3.05) is 27.2 Å². The van der Waals surface area contributed by atoms with E-state index in [2.05, 4.69) is 9.97 Å². The summed E-state index contributed by atoms with van der Waals surface area (Å²) in [4.78, 5) is 23.5. The van der Waals surface area contributed by atoms with Gasteiger partial charge >= 0.3 is 0 Å². The van der Waals surface area contributed by atoms with Gasteiger partial charge in [-0.15, -0.1) is 0 Å². The summed E-state index contributed by atoms with van der Waals surface area (Å²) in [5, 5.41) is 28.1. The van der Waals surface area contributed by atoms with Crippen LogP contribution in [0.3, 0.4) is 0 Å². The van der Waals surface area contributed by atoms with Gasteiger partial charge in [0.2, 0.25) is 17.2 Å². The van der Waals surface area contributed by atoms with Crippen molar-refractivity contribution < 1.29 is 38.7 Å². The Morgan fingerprint density at radius 1 is 0.661 bits per heavy atom. The van der Waals surface area contributed by atoms with E-state index in [1.807, 2.05) is 86.6 Å². The van der Waals surface area contributed by atoms with Crippen molar-refractivity contribution in [1.82, 2.24) is 14.9 Å². The first kappa shape index (κ1) is 39.2. The van der Waals surface area contributed by atoms with E-state index in [1.54, 1.807) is 42.6 Å². The highest BCUT2D eigenvalue weighted by Gasteiger charge is 2.15. The van der Waals surface area contributed by atoms with E-state index in [9.17, 15) is 4.79 Å². The maximum absolute atomic E-state index is 13.3. The minimum atomic E-state index is -0.117. The van der Waals surface area contributed by atoms with Gasteiger partial charge in [-0.2, -0.15) is 0 Å². The van der Waals surface area contributed by atoms with E-state index in [4.69, 9.17) is 38.7 Å². The highest BCUT2D eigenvalue weighted by molar-refractivity contribution is 5.93. The van der Waals surface area contributed by atoms with Crippen LogP contribution in [0, 0.1) is 6.92 Å². The van der Waals surface area contributed by atoms with E-state index < -0.39 is 0 Å². The van der Waals surface area contributed by atoms with Crippen LogP contribution in [0.1, 0.15) is 27.8 Å². The number of pyridine rings is 2. The van der Waals surface area contributed by atoms with Crippen LogP contribution in [0.2, 0.25) is 0 Å². The van der Waals surface area contributed by atoms with Gasteiger partial charge in [0.25, 0.3) is 0 Å². The summed E-state index contributed by atoms with van der Waals surface area (Å²) in [6.07, 6.45) is 2.91. The highest BCUT2D eigenvalue weighted by atomic mass is 16.5. The number of fused-ring (bicyclic) bond motifs is 2. The van der Waals surface area contributed by atoms with E-state index >= 15 is 0 Å². The zero-order chi connectivity index (χ0) is 39.4. The lowest BCUT2D eigenvalue weighted by atomic mass is 10.1. The maximum Gasteiger partial charge on any atom is 0.213 e. The Morgan fingerprint density at radius 2 is 1.25 bits per heavy atom. The Kier molecular flexibility index (Phi) is 13.1. The lowest BCUT2D eigenvalue weighted by Crippen LogP contribution is -2.19. The van der Waals surface area contributed by atoms with Crippen LogP contribution in [0.15, 0.2) is 125 Å². The number of hydrogen-bond donors (Lipinski definition) is 3. The van der Waals surface area contributed by atoms with Crippen molar-refractivity contribution in [3.63, 3.8) is 0 Å². The molecule has 0 amide bonds. The smallest absolute Gasteiger partial charge is 0.213 e. The number of hydrogen-bond acceptors (Lipinski definition) is 12. The van der Waals surface area contributed by atoms with Crippen LogP contribution in [-0.4, -0.2) is 57.4 Å². The van der Waals surface area contributed by atoms with E-state index in [-0.39, 0.29) is 24.4 Å². The molecule has 0 unspecified atom stereocenters. The fourth-order valence-electron chi connectivity index (χ4n) is 5.46. The Balaban J connectivity index is 0.000000261. The molecule has 0 spiro atoms. The van der Waals surface area contributed by atoms with Gasteiger partial charge in [-0.25, -0.2) is 9.97 Å². The van der Waals surface area contributed by atoms with Gasteiger partial charge < -0.3 is 43.6 Å². The summed E-state index contributed by atoms with van der Waals surface area (Å²) in [6.45, 7) is 3.95. The topological polar surface area (TPSA) is 157 Å². The van der Waals surface area contributed by atoms with Gasteiger partial charge in [-0.05, 0) is 85.2 Å². The van der Waals surface area contributed by atoms with Gasteiger partial charge in [0.1, 0.15) is 42.7 Å². The second kappa shape index (κ2) is 18.7. The molecule has 0 saturated heterocycles. The molecule has 12 heteroatoms. The molecule has 7 aromatic rings. The Bertz CT molecular complexity index is 2400. The molecule has 3 aromatic heterocycles. The second-order valence-electron chi connectivity index (χ2n) is 13.2. The van der Waals surface area contributed by atoms with E-state index in [1.165, 1.54) is 12.3 Å². The number of benzene rings is 4. The molecule has 0 saturated carbocycles. The molecule has 0 aliphatic carbocycles. The molecule has 0 aliphatic rings. The predicted octanol–water partition coefficient (Wildman–Crippen LogP) is 7.31. The lowest BCUT2D eigenvalue weighted by Gasteiger charge is -2.13. The fourth-order valence-corrected chi connectivity index (χ4v) is 5.46. The molecule has 0 aliphatic heterocycles. The summed E-state index contributed by atoms with van der Waals surface area (Å²) in [5.41, 5.74) is 5.33. The molecule has 0 radical (unpaired) electrons. The minimum Gasteiger partial charge on any atom is -0.506 e. The molecule has 0 atom stereocenters. The number of ether oxygens (including phenoxy) is 4. The summed E-state index contributed by atoms with van der Waals surface area (Å²) >= 11 is 0. The Morgan fingerprint density at radius 3 is 1.80 bits per heavy atom. The third kappa shape index (κ3) is 10.6. The average Bonchev–Trinajstić information content (AvgIpc) is 3.21. The summed E-state index contributed by atoms with van der Waals surface area (Å²) in [7, 11) is 3.95. The van der Waals surface area contributed by atoms with Gasteiger partial charge in [0.15, 0.2) is 11.3 Å². The molecule has 0 fully saturated rings. The molecular weight excluding hydrogens is 714 g/mol. The third-order valence-electron chi connectivity index (χ3n) is 8.50. The van der Waals surface area contributed by atoms with Crippen LogP contribution in [-0.2, 0) is 26.4 Å². The SMILES string of the molecule is Cc1cc(OCCN(C)C)c2oc3cc(Oc4ccc(OCc5ccc(CO)cc5)nc4)ccc3c(=O)c2c1.OCc1ccc(COc2ccc(O)cn2)cc1. The minimum absolute atomic E-state index is 0.0102. The molecular formula is C44H43N3O9. The first-order valence-electron chi connectivity index (χ1n) is 17.9. The second-order valence-corrected chi connectivity index (χ2v) is 13.2. The molecule has 288 valence electrons. The van der Waals surface area contributed by atoms with Crippen molar-refractivity contribution in [1.29, 1.82) is 0 Å². The largest absolute Gasteiger partial charge is 0.506 e. The van der Waals surface area contributed by atoms with Gasteiger partial charge in [0.05, 0.1) is 36.4 Å². The number of likely N-dealkylation sites (N-methyl/N-ethyl adjacent to an activating group) is 1. The lowest BCUT2D eigenvalue weighted by molar-refractivity contribution is 0.261. The van der Waals surface area contributed by atoms with Crippen LogP contribution in [0.4, 0.5) is 0 Å². The number of aromatic nitrogens is 2. The van der Waals surface area contributed by atoms with Crippen molar-refractivity contribution in [2.45, 2.75) is 33.4 Å². The highest BCUT2D eigenvalue weighted by Crippen LogP contribution is 2.31. The molecule has 3 heterocycles. The van der Waals surface area contributed by atoms with Gasteiger partial charge in [-0.1, -0.05) is 48.5 Å². The van der Waals surface area contributed by atoms with E-state index in [0.717, 1.165) is 34.4 Å². The summed E-state index contributed by atoms with van der Waals surface area (Å²) in [6, 6.07) is 30.5. The van der Waals surface area contributed by atoms with Crippen molar-refractivity contribution in [2.24, 2.45) is 0 Å². The zero-order valence-electron chi connectivity index (χ0n) is 31.3. The zero-order valence-corrected chi connectivity index (χ0v) is 31.3. The van der Waals surface area contributed by atoms with Gasteiger partial charge in [0, 0.05) is 24.7 Å². The van der Waals surface area contributed by atoms with Crippen molar-refractivity contribution in [3.05, 3.63) is 154 Å². The Hall–Kier alpha value is -6.47. The van der Waals surface area contributed by atoms with E-state index in [0.29, 0.717) is 70.8 Å². The molecule has 3 N–H and O–H groups in total. The molecule has 0 bridgehead atoms. The Labute approximate surface area is 323 Å². The van der Waals surface area contributed by atoms with Crippen LogP contribution in [0.25, 0.3) is 21.9 Å². The number of aromatic hydroxyl groups is 1. The number of rotatable bonds is 14. The van der Waals surface area contributed by atoms with Crippen LogP contribution < -0.4 is 24.4 Å². The quantitative estimate of drug-likeness (QED) is 0.0952. The number of aliphatic hydroxyl groups is 2. The molecule has 56 heavy (non-hydrogen) atoms. The number of aliphatic hydroxyl groups excluding tert-OH is 2.